The van der Waals surface area contributed by atoms with Crippen LogP contribution in [0.15, 0.2) is 29.2 Å². The SMILES string of the molecule is Cc1cccc(SCCNCCS(C)(=O)=O)c1. The quantitative estimate of drug-likeness (QED) is 0.607. The predicted molar refractivity (Wildman–Crippen MR) is 74.5 cm³/mol. The maximum atomic E-state index is 10.9. The Bertz CT molecular complexity index is 444. The molecule has 0 spiro atoms. The van der Waals surface area contributed by atoms with E-state index in [4.69, 9.17) is 0 Å². The zero-order valence-corrected chi connectivity index (χ0v) is 11.9. The highest BCUT2D eigenvalue weighted by molar-refractivity contribution is 7.99. The van der Waals surface area contributed by atoms with Crippen molar-refractivity contribution in [2.45, 2.75) is 11.8 Å². The van der Waals surface area contributed by atoms with Crippen LogP contribution >= 0.6 is 11.8 Å². The van der Waals surface area contributed by atoms with Gasteiger partial charge in [0.1, 0.15) is 9.84 Å². The van der Waals surface area contributed by atoms with Crippen LogP contribution in [0.5, 0.6) is 0 Å². The van der Waals surface area contributed by atoms with Gasteiger partial charge in [0.25, 0.3) is 0 Å². The highest BCUT2D eigenvalue weighted by Crippen LogP contribution is 2.17. The molecule has 0 atom stereocenters. The van der Waals surface area contributed by atoms with E-state index in [0.29, 0.717) is 6.54 Å². The van der Waals surface area contributed by atoms with E-state index < -0.39 is 9.84 Å². The molecule has 1 aromatic carbocycles. The summed E-state index contributed by atoms with van der Waals surface area (Å²) in [5.74, 6) is 1.16. The second-order valence-electron chi connectivity index (χ2n) is 4.04. The second-order valence-corrected chi connectivity index (χ2v) is 7.47. The van der Waals surface area contributed by atoms with Crippen LogP contribution in [0.3, 0.4) is 0 Å². The van der Waals surface area contributed by atoms with E-state index in [0.717, 1.165) is 12.3 Å². The molecule has 0 aliphatic heterocycles. The Morgan fingerprint density at radius 2 is 2.06 bits per heavy atom. The number of thioether (sulfide) groups is 1. The second kappa shape index (κ2) is 7.03. The summed E-state index contributed by atoms with van der Waals surface area (Å²) >= 11 is 1.78. The first-order chi connectivity index (χ1) is 7.97. The van der Waals surface area contributed by atoms with Gasteiger partial charge in [0.05, 0.1) is 5.75 Å². The Balaban J connectivity index is 2.13. The Kier molecular flexibility index (Phi) is 6.02. The van der Waals surface area contributed by atoms with Crippen molar-refractivity contribution in [2.75, 3.05) is 30.9 Å². The van der Waals surface area contributed by atoms with E-state index >= 15 is 0 Å². The van der Waals surface area contributed by atoms with Crippen molar-refractivity contribution in [3.05, 3.63) is 29.8 Å². The molecule has 3 nitrogen and oxygen atoms in total. The third-order valence-electron chi connectivity index (χ3n) is 2.19. The van der Waals surface area contributed by atoms with Crippen LogP contribution in [-0.4, -0.2) is 39.3 Å². The molecule has 0 aliphatic carbocycles. The van der Waals surface area contributed by atoms with Gasteiger partial charge in [-0.05, 0) is 19.1 Å². The number of rotatable bonds is 7. The summed E-state index contributed by atoms with van der Waals surface area (Å²) in [6.45, 7) is 3.44. The summed E-state index contributed by atoms with van der Waals surface area (Å²) in [7, 11) is -2.84. The van der Waals surface area contributed by atoms with E-state index in [1.165, 1.54) is 16.7 Å². The van der Waals surface area contributed by atoms with Gasteiger partial charge in [0.15, 0.2) is 0 Å². The first-order valence-corrected chi connectivity index (χ1v) is 8.60. The van der Waals surface area contributed by atoms with Crippen molar-refractivity contribution in [1.29, 1.82) is 0 Å². The Hall–Kier alpha value is -0.520. The average Bonchev–Trinajstić information content (AvgIpc) is 2.22. The van der Waals surface area contributed by atoms with Gasteiger partial charge in [-0.1, -0.05) is 17.7 Å². The molecule has 0 radical (unpaired) electrons. The predicted octanol–water partition coefficient (Wildman–Crippen LogP) is 1.72. The fraction of sp³-hybridized carbons (Fsp3) is 0.500. The molecule has 17 heavy (non-hydrogen) atoms. The first-order valence-electron chi connectivity index (χ1n) is 5.55. The number of hydrogen-bond acceptors (Lipinski definition) is 4. The molecule has 0 saturated heterocycles. The number of sulfone groups is 1. The van der Waals surface area contributed by atoms with Crippen LogP contribution < -0.4 is 5.32 Å². The Morgan fingerprint density at radius 1 is 1.29 bits per heavy atom. The fourth-order valence-corrected chi connectivity index (χ4v) is 2.77. The number of hydrogen-bond donors (Lipinski definition) is 1. The minimum atomic E-state index is -2.84. The van der Waals surface area contributed by atoms with Crippen molar-refractivity contribution >= 4 is 21.6 Å². The summed E-state index contributed by atoms with van der Waals surface area (Å²) in [5, 5.41) is 3.13. The molecule has 0 unspecified atom stereocenters. The lowest BCUT2D eigenvalue weighted by Gasteiger charge is -2.04. The molecule has 0 aliphatic rings. The maximum Gasteiger partial charge on any atom is 0.148 e. The maximum absolute atomic E-state index is 10.9. The van der Waals surface area contributed by atoms with Crippen LogP contribution in [0.2, 0.25) is 0 Å². The van der Waals surface area contributed by atoms with E-state index in [9.17, 15) is 8.42 Å². The molecular formula is C12H19NO2S2. The summed E-state index contributed by atoms with van der Waals surface area (Å²) in [6, 6.07) is 8.37. The molecule has 1 rings (SSSR count). The van der Waals surface area contributed by atoms with Crippen molar-refractivity contribution in [1.82, 2.24) is 5.32 Å². The highest BCUT2D eigenvalue weighted by Gasteiger charge is 2.00. The van der Waals surface area contributed by atoms with Crippen molar-refractivity contribution in [3.8, 4) is 0 Å². The summed E-state index contributed by atoms with van der Waals surface area (Å²) in [6.07, 6.45) is 1.26. The molecule has 0 bridgehead atoms. The van der Waals surface area contributed by atoms with Crippen molar-refractivity contribution < 1.29 is 8.42 Å². The minimum Gasteiger partial charge on any atom is -0.315 e. The van der Waals surface area contributed by atoms with Crippen molar-refractivity contribution in [3.63, 3.8) is 0 Å². The van der Waals surface area contributed by atoms with Gasteiger partial charge in [-0.15, -0.1) is 11.8 Å². The zero-order chi connectivity index (χ0) is 12.7. The fourth-order valence-electron chi connectivity index (χ4n) is 1.33. The van der Waals surface area contributed by atoms with Crippen LogP contribution in [0.1, 0.15) is 5.56 Å². The molecule has 96 valence electrons. The van der Waals surface area contributed by atoms with Gasteiger partial charge in [-0.2, -0.15) is 0 Å². The lowest BCUT2D eigenvalue weighted by molar-refractivity contribution is 0.598. The van der Waals surface area contributed by atoms with Gasteiger partial charge < -0.3 is 5.32 Å². The molecule has 0 fully saturated rings. The molecule has 1 N–H and O–H groups in total. The Labute approximate surface area is 108 Å². The highest BCUT2D eigenvalue weighted by atomic mass is 32.2. The lowest BCUT2D eigenvalue weighted by atomic mass is 10.2. The first kappa shape index (κ1) is 14.5. The van der Waals surface area contributed by atoms with Gasteiger partial charge in [-0.25, -0.2) is 8.42 Å². The molecule has 0 aromatic heterocycles. The van der Waals surface area contributed by atoms with Crippen LogP contribution in [-0.2, 0) is 9.84 Å². The number of benzene rings is 1. The van der Waals surface area contributed by atoms with E-state index in [1.54, 1.807) is 11.8 Å². The molecule has 5 heteroatoms. The molecule has 1 aromatic rings. The van der Waals surface area contributed by atoms with E-state index in [-0.39, 0.29) is 5.75 Å². The van der Waals surface area contributed by atoms with Crippen LogP contribution in [0, 0.1) is 6.92 Å². The third kappa shape index (κ3) is 7.41. The number of aryl methyl sites for hydroxylation is 1. The van der Waals surface area contributed by atoms with Crippen LogP contribution in [0.25, 0.3) is 0 Å². The average molecular weight is 273 g/mol. The van der Waals surface area contributed by atoms with Gasteiger partial charge in [0.2, 0.25) is 0 Å². The molecule has 0 saturated carbocycles. The molecular weight excluding hydrogens is 254 g/mol. The summed E-state index contributed by atoms with van der Waals surface area (Å²) < 4.78 is 21.8. The van der Waals surface area contributed by atoms with E-state index in [1.807, 2.05) is 0 Å². The monoisotopic (exact) mass is 273 g/mol. The summed E-state index contributed by atoms with van der Waals surface area (Å²) in [4.78, 5) is 1.26. The van der Waals surface area contributed by atoms with E-state index in [2.05, 4.69) is 36.5 Å². The smallest absolute Gasteiger partial charge is 0.148 e. The molecule has 0 heterocycles. The van der Waals surface area contributed by atoms with Gasteiger partial charge in [-0.3, -0.25) is 0 Å². The normalized spacial score (nSPS) is 11.6. The largest absolute Gasteiger partial charge is 0.315 e. The van der Waals surface area contributed by atoms with Crippen molar-refractivity contribution in [2.24, 2.45) is 0 Å². The summed E-state index contributed by atoms with van der Waals surface area (Å²) in [5.41, 5.74) is 1.26. The van der Waals surface area contributed by atoms with Gasteiger partial charge >= 0.3 is 0 Å². The third-order valence-corrected chi connectivity index (χ3v) is 4.13. The lowest BCUT2D eigenvalue weighted by Crippen LogP contribution is -2.24. The Morgan fingerprint density at radius 3 is 2.71 bits per heavy atom. The van der Waals surface area contributed by atoms with Gasteiger partial charge in [0, 0.05) is 30.0 Å². The number of nitrogens with one attached hydrogen (secondary N) is 1. The molecule has 0 amide bonds. The standard InChI is InChI=1S/C12H19NO2S2/c1-11-4-3-5-12(10-11)16-8-6-13-7-9-17(2,14)15/h3-5,10,13H,6-9H2,1-2H3. The van der Waals surface area contributed by atoms with Crippen LogP contribution in [0.4, 0.5) is 0 Å². The minimum absolute atomic E-state index is 0.210. The zero-order valence-electron chi connectivity index (χ0n) is 10.3. The topological polar surface area (TPSA) is 46.2 Å².